The molecule has 1 fully saturated rings. The first-order valence-corrected chi connectivity index (χ1v) is 9.70. The van der Waals surface area contributed by atoms with Crippen LogP contribution in [0.1, 0.15) is 44.7 Å². The Bertz CT molecular complexity index is 827. The molecule has 1 aromatic rings. The van der Waals surface area contributed by atoms with E-state index in [0.29, 0.717) is 13.0 Å². The van der Waals surface area contributed by atoms with Crippen LogP contribution in [0.4, 0.5) is 4.79 Å². The monoisotopic (exact) mass is 417 g/mol. The molecule has 0 aliphatic carbocycles. The van der Waals surface area contributed by atoms with Gasteiger partial charge in [-0.25, -0.2) is 9.59 Å². The van der Waals surface area contributed by atoms with Crippen LogP contribution >= 0.6 is 0 Å². The molecule has 1 aliphatic heterocycles. The van der Waals surface area contributed by atoms with Gasteiger partial charge in [-0.1, -0.05) is 29.4 Å². The van der Waals surface area contributed by atoms with Crippen molar-refractivity contribution >= 4 is 18.0 Å². The third-order valence-corrected chi connectivity index (χ3v) is 4.59. The summed E-state index contributed by atoms with van der Waals surface area (Å²) >= 11 is 0. The molecule has 2 amide bonds. The van der Waals surface area contributed by atoms with E-state index in [2.05, 4.69) is 15.3 Å². The Balaban J connectivity index is 1.85. The molecule has 1 heterocycles. The van der Waals surface area contributed by atoms with Crippen LogP contribution in [0.3, 0.4) is 0 Å². The molecule has 1 aromatic carbocycles. The molecule has 0 saturated carbocycles. The van der Waals surface area contributed by atoms with Crippen LogP contribution in [0.25, 0.3) is 10.4 Å². The Hall–Kier alpha value is -3.26. The predicted molar refractivity (Wildman–Crippen MR) is 109 cm³/mol. The molecule has 2 atom stereocenters. The number of aliphatic carboxylic acids is 1. The molecule has 1 aliphatic rings. The van der Waals surface area contributed by atoms with E-state index in [1.165, 1.54) is 4.90 Å². The van der Waals surface area contributed by atoms with Gasteiger partial charge in [-0.3, -0.25) is 4.79 Å². The van der Waals surface area contributed by atoms with E-state index < -0.39 is 29.7 Å². The number of likely N-dealkylation sites (tertiary alicyclic amines) is 1. The van der Waals surface area contributed by atoms with Gasteiger partial charge in [0.1, 0.15) is 11.6 Å². The maximum absolute atomic E-state index is 12.5. The van der Waals surface area contributed by atoms with Gasteiger partial charge in [-0.05, 0) is 50.3 Å². The summed E-state index contributed by atoms with van der Waals surface area (Å²) in [7, 11) is 0. The number of carboxylic acid groups (broad SMARTS) is 1. The summed E-state index contributed by atoms with van der Waals surface area (Å²) in [4.78, 5) is 39.6. The van der Waals surface area contributed by atoms with Gasteiger partial charge >= 0.3 is 12.1 Å². The van der Waals surface area contributed by atoms with Gasteiger partial charge in [-0.15, -0.1) is 0 Å². The Kier molecular flexibility index (Phi) is 7.66. The van der Waals surface area contributed by atoms with E-state index in [1.54, 1.807) is 20.8 Å². The van der Waals surface area contributed by atoms with Crippen molar-refractivity contribution in [3.8, 4) is 0 Å². The summed E-state index contributed by atoms with van der Waals surface area (Å²) in [6.07, 6.45) is 0.246. The van der Waals surface area contributed by atoms with Crippen molar-refractivity contribution in [1.82, 2.24) is 10.2 Å². The lowest BCUT2D eigenvalue weighted by Crippen LogP contribution is -2.40. The Labute approximate surface area is 174 Å². The summed E-state index contributed by atoms with van der Waals surface area (Å²) in [5.74, 6) is -1.38. The van der Waals surface area contributed by atoms with Crippen LogP contribution in [0.15, 0.2) is 29.4 Å². The maximum Gasteiger partial charge on any atom is 0.407 e. The molecule has 162 valence electrons. The molecule has 0 bridgehead atoms. The second-order valence-corrected chi connectivity index (χ2v) is 8.17. The molecule has 30 heavy (non-hydrogen) atoms. The van der Waals surface area contributed by atoms with Gasteiger partial charge in [-0.2, -0.15) is 0 Å². The number of nitrogens with zero attached hydrogens (tertiary/aromatic N) is 4. The third kappa shape index (κ3) is 6.97. The molecule has 0 radical (unpaired) electrons. The third-order valence-electron chi connectivity index (χ3n) is 4.59. The zero-order valence-electron chi connectivity index (χ0n) is 17.4. The first-order chi connectivity index (χ1) is 14.1. The lowest BCUT2D eigenvalue weighted by atomic mass is 10.1. The summed E-state index contributed by atoms with van der Waals surface area (Å²) in [6.45, 7) is 5.82. The van der Waals surface area contributed by atoms with Crippen LogP contribution in [0.2, 0.25) is 0 Å². The molecule has 10 nitrogen and oxygen atoms in total. The average Bonchev–Trinajstić information content (AvgIpc) is 3.09. The summed E-state index contributed by atoms with van der Waals surface area (Å²) in [5, 5.41) is 15.5. The summed E-state index contributed by atoms with van der Waals surface area (Å²) in [5.41, 5.74) is 9.79. The van der Waals surface area contributed by atoms with Crippen LogP contribution in [-0.4, -0.2) is 52.2 Å². The van der Waals surface area contributed by atoms with E-state index >= 15 is 0 Å². The fourth-order valence-electron chi connectivity index (χ4n) is 3.19. The quantitative estimate of drug-likeness (QED) is 0.398. The highest BCUT2D eigenvalue weighted by Gasteiger charge is 2.38. The number of hydrogen-bond donors (Lipinski definition) is 2. The van der Waals surface area contributed by atoms with E-state index in [9.17, 15) is 19.5 Å². The van der Waals surface area contributed by atoms with Gasteiger partial charge in [0.15, 0.2) is 0 Å². The average molecular weight is 417 g/mol. The largest absolute Gasteiger partial charge is 0.480 e. The fourth-order valence-corrected chi connectivity index (χ4v) is 3.19. The highest BCUT2D eigenvalue weighted by molar-refractivity contribution is 5.84. The molecule has 2 N–H and O–H groups in total. The lowest BCUT2D eigenvalue weighted by Gasteiger charge is -2.21. The van der Waals surface area contributed by atoms with Crippen molar-refractivity contribution < 1.29 is 24.2 Å². The smallest absolute Gasteiger partial charge is 0.407 e. The Morgan fingerprint density at radius 3 is 2.47 bits per heavy atom. The minimum absolute atomic E-state index is 0.120. The normalized spacial score (nSPS) is 18.4. The first-order valence-electron chi connectivity index (χ1n) is 9.70. The number of rotatable bonds is 7. The van der Waals surface area contributed by atoms with E-state index in [1.807, 2.05) is 24.3 Å². The number of carbonyl (C=O) groups is 3. The SMILES string of the molecule is CC(C)(C)OC(=O)NCc1ccc(CCC(=O)N2CC(N=[N+]=[N-])C[C@H]2C(=O)O)cc1. The second kappa shape index (κ2) is 9.98. The van der Waals surface area contributed by atoms with Crippen molar-refractivity contribution in [2.24, 2.45) is 5.11 Å². The number of aryl methyl sites for hydroxylation is 1. The van der Waals surface area contributed by atoms with E-state index in [0.717, 1.165) is 11.1 Å². The topological polar surface area (TPSA) is 145 Å². The lowest BCUT2D eigenvalue weighted by molar-refractivity contribution is -0.148. The molecule has 0 aromatic heterocycles. The number of amides is 2. The molecule has 0 spiro atoms. The van der Waals surface area contributed by atoms with Crippen molar-refractivity contribution in [1.29, 1.82) is 0 Å². The maximum atomic E-state index is 12.5. The molecular weight excluding hydrogens is 390 g/mol. The summed E-state index contributed by atoms with van der Waals surface area (Å²) in [6, 6.07) is 5.95. The minimum atomic E-state index is -1.10. The van der Waals surface area contributed by atoms with Crippen LogP contribution in [-0.2, 0) is 27.3 Å². The number of carbonyl (C=O) groups excluding carboxylic acids is 2. The number of ether oxygens (including phenoxy) is 1. The number of hydrogen-bond acceptors (Lipinski definition) is 5. The minimum Gasteiger partial charge on any atom is -0.480 e. The summed E-state index contributed by atoms with van der Waals surface area (Å²) < 4.78 is 5.18. The van der Waals surface area contributed by atoms with Gasteiger partial charge in [0.05, 0.1) is 6.04 Å². The highest BCUT2D eigenvalue weighted by atomic mass is 16.6. The van der Waals surface area contributed by atoms with Gasteiger partial charge in [0.2, 0.25) is 5.91 Å². The van der Waals surface area contributed by atoms with Crippen LogP contribution < -0.4 is 5.32 Å². The number of azide groups is 1. The predicted octanol–water partition coefficient (Wildman–Crippen LogP) is 3.01. The number of benzene rings is 1. The zero-order chi connectivity index (χ0) is 22.3. The van der Waals surface area contributed by atoms with Crippen molar-refractivity contribution in [2.75, 3.05) is 6.54 Å². The highest BCUT2D eigenvalue weighted by Crippen LogP contribution is 2.22. The second-order valence-electron chi connectivity index (χ2n) is 8.17. The van der Waals surface area contributed by atoms with Gasteiger partial charge in [0, 0.05) is 24.4 Å². The Morgan fingerprint density at radius 2 is 1.90 bits per heavy atom. The van der Waals surface area contributed by atoms with E-state index in [4.69, 9.17) is 10.3 Å². The molecular formula is C20H27N5O5. The molecule has 1 saturated heterocycles. The number of alkyl carbamates (subject to hydrolysis) is 1. The van der Waals surface area contributed by atoms with Crippen molar-refractivity contribution in [3.63, 3.8) is 0 Å². The van der Waals surface area contributed by atoms with Crippen LogP contribution in [0.5, 0.6) is 0 Å². The Morgan fingerprint density at radius 1 is 1.27 bits per heavy atom. The first kappa shape index (κ1) is 23.0. The fraction of sp³-hybridized carbons (Fsp3) is 0.550. The van der Waals surface area contributed by atoms with Gasteiger partial charge < -0.3 is 20.1 Å². The zero-order valence-corrected chi connectivity index (χ0v) is 17.4. The molecule has 2 rings (SSSR count). The van der Waals surface area contributed by atoms with Gasteiger partial charge in [0.25, 0.3) is 0 Å². The van der Waals surface area contributed by atoms with E-state index in [-0.39, 0.29) is 25.3 Å². The molecule has 1 unspecified atom stereocenters. The number of nitrogens with one attached hydrogen (secondary N) is 1. The van der Waals surface area contributed by atoms with Crippen molar-refractivity contribution in [2.45, 2.75) is 64.3 Å². The number of carboxylic acids is 1. The standard InChI is InChI=1S/C20H27N5O5/c1-20(2,3)30-19(29)22-11-14-6-4-13(5-7-14)8-9-17(26)25-12-15(23-24-21)10-16(25)18(27)28/h4-7,15-16H,8-12H2,1-3H3,(H,22,29)(H,27,28)/t15?,16-/m0/s1. The molecule has 10 heteroatoms. The van der Waals surface area contributed by atoms with Crippen LogP contribution in [0, 0.1) is 0 Å². The van der Waals surface area contributed by atoms with Crippen molar-refractivity contribution in [3.05, 3.63) is 45.8 Å².